The Morgan fingerprint density at radius 1 is 0.917 bits per heavy atom. The molecular formula is C18H20N2O4. The van der Waals surface area contributed by atoms with E-state index in [1.807, 2.05) is 24.3 Å². The average Bonchev–Trinajstić information content (AvgIpc) is 2.62. The molecular weight excluding hydrogens is 308 g/mol. The van der Waals surface area contributed by atoms with E-state index in [0.29, 0.717) is 24.4 Å². The number of amides is 2. The highest BCUT2D eigenvalue weighted by Crippen LogP contribution is 2.15. The number of benzene rings is 2. The fraction of sp³-hybridized carbons (Fsp3) is 0.222. The van der Waals surface area contributed by atoms with E-state index < -0.39 is 11.8 Å². The van der Waals surface area contributed by atoms with Crippen LogP contribution in [-0.4, -0.2) is 32.6 Å². The Morgan fingerprint density at radius 2 is 1.62 bits per heavy atom. The molecule has 0 aromatic heterocycles. The van der Waals surface area contributed by atoms with E-state index in [0.717, 1.165) is 11.3 Å². The van der Waals surface area contributed by atoms with Gasteiger partial charge in [-0.2, -0.15) is 0 Å². The predicted molar refractivity (Wildman–Crippen MR) is 91.3 cm³/mol. The van der Waals surface area contributed by atoms with Crippen LogP contribution >= 0.6 is 0 Å². The molecule has 126 valence electrons. The van der Waals surface area contributed by atoms with E-state index in [1.165, 1.54) is 0 Å². The Hall–Kier alpha value is -3.02. The van der Waals surface area contributed by atoms with Gasteiger partial charge in [-0.1, -0.05) is 12.1 Å². The van der Waals surface area contributed by atoms with Crippen molar-refractivity contribution >= 4 is 17.5 Å². The lowest BCUT2D eigenvalue weighted by molar-refractivity contribution is -0.136. The molecule has 0 unspecified atom stereocenters. The van der Waals surface area contributed by atoms with Crippen LogP contribution in [0.3, 0.4) is 0 Å². The number of methoxy groups -OCH3 is 2. The summed E-state index contributed by atoms with van der Waals surface area (Å²) < 4.78 is 10.2. The maximum atomic E-state index is 11.8. The van der Waals surface area contributed by atoms with Gasteiger partial charge in [0.05, 0.1) is 14.2 Å². The van der Waals surface area contributed by atoms with E-state index in [2.05, 4.69) is 10.6 Å². The van der Waals surface area contributed by atoms with Gasteiger partial charge in [0.15, 0.2) is 0 Å². The summed E-state index contributed by atoms with van der Waals surface area (Å²) >= 11 is 0. The van der Waals surface area contributed by atoms with E-state index in [4.69, 9.17) is 9.47 Å². The Labute approximate surface area is 140 Å². The summed E-state index contributed by atoms with van der Waals surface area (Å²) in [5.41, 5.74) is 1.55. The lowest BCUT2D eigenvalue weighted by Gasteiger charge is -2.08. The third kappa shape index (κ3) is 5.01. The molecule has 0 aliphatic carbocycles. The van der Waals surface area contributed by atoms with Crippen molar-refractivity contribution in [3.8, 4) is 11.5 Å². The molecule has 2 amide bonds. The number of carbonyl (C=O) groups is 2. The highest BCUT2D eigenvalue weighted by molar-refractivity contribution is 6.39. The number of hydrogen-bond acceptors (Lipinski definition) is 4. The van der Waals surface area contributed by atoms with Crippen molar-refractivity contribution in [3.05, 3.63) is 54.1 Å². The normalized spacial score (nSPS) is 9.92. The van der Waals surface area contributed by atoms with Crippen LogP contribution in [0.15, 0.2) is 48.5 Å². The second kappa shape index (κ2) is 8.57. The maximum Gasteiger partial charge on any atom is 0.313 e. The van der Waals surface area contributed by atoms with Gasteiger partial charge < -0.3 is 20.1 Å². The average molecular weight is 328 g/mol. The molecule has 0 aliphatic rings. The van der Waals surface area contributed by atoms with Gasteiger partial charge in [-0.15, -0.1) is 0 Å². The van der Waals surface area contributed by atoms with Crippen LogP contribution in [-0.2, 0) is 16.0 Å². The van der Waals surface area contributed by atoms with E-state index >= 15 is 0 Å². The Balaban J connectivity index is 1.79. The first-order valence-electron chi connectivity index (χ1n) is 7.48. The van der Waals surface area contributed by atoms with Crippen molar-refractivity contribution < 1.29 is 19.1 Å². The number of nitrogens with one attached hydrogen (secondary N) is 2. The zero-order chi connectivity index (χ0) is 17.4. The van der Waals surface area contributed by atoms with Gasteiger partial charge >= 0.3 is 11.8 Å². The van der Waals surface area contributed by atoms with Crippen LogP contribution in [0.4, 0.5) is 5.69 Å². The fourth-order valence-corrected chi connectivity index (χ4v) is 2.09. The van der Waals surface area contributed by atoms with Gasteiger partial charge in [-0.3, -0.25) is 9.59 Å². The Bertz CT molecular complexity index is 698. The quantitative estimate of drug-likeness (QED) is 0.795. The minimum absolute atomic E-state index is 0.363. The molecule has 0 atom stereocenters. The molecule has 2 aromatic carbocycles. The van der Waals surface area contributed by atoms with Crippen molar-refractivity contribution in [1.82, 2.24) is 5.32 Å². The van der Waals surface area contributed by atoms with Crippen molar-refractivity contribution in [2.45, 2.75) is 6.42 Å². The first kappa shape index (κ1) is 17.3. The smallest absolute Gasteiger partial charge is 0.313 e. The number of carbonyl (C=O) groups excluding carboxylic acids is 2. The molecule has 0 aliphatic heterocycles. The van der Waals surface area contributed by atoms with Crippen molar-refractivity contribution in [1.29, 1.82) is 0 Å². The summed E-state index contributed by atoms with van der Waals surface area (Å²) in [5, 5.41) is 5.13. The molecule has 2 rings (SSSR count). The number of rotatable bonds is 6. The van der Waals surface area contributed by atoms with Crippen molar-refractivity contribution in [2.75, 3.05) is 26.1 Å². The van der Waals surface area contributed by atoms with Gasteiger partial charge in [0.2, 0.25) is 0 Å². The van der Waals surface area contributed by atoms with Gasteiger partial charge in [-0.05, 0) is 48.4 Å². The second-order valence-corrected chi connectivity index (χ2v) is 5.04. The molecule has 2 N–H and O–H groups in total. The third-order valence-electron chi connectivity index (χ3n) is 3.39. The number of anilines is 1. The first-order chi connectivity index (χ1) is 11.6. The fourth-order valence-electron chi connectivity index (χ4n) is 2.09. The lowest BCUT2D eigenvalue weighted by atomic mass is 10.1. The largest absolute Gasteiger partial charge is 0.497 e. The lowest BCUT2D eigenvalue weighted by Crippen LogP contribution is -2.36. The van der Waals surface area contributed by atoms with Crippen LogP contribution in [0.1, 0.15) is 5.56 Å². The standard InChI is InChI=1S/C18H20N2O4/c1-23-15-8-6-14(7-9-15)20-18(22)17(21)19-11-10-13-4-3-5-16(12-13)24-2/h3-9,12H,10-11H2,1-2H3,(H,19,21)(H,20,22). The molecule has 2 aromatic rings. The molecule has 0 saturated carbocycles. The summed E-state index contributed by atoms with van der Waals surface area (Å²) in [6, 6.07) is 14.3. The molecule has 0 radical (unpaired) electrons. The SMILES string of the molecule is COc1ccc(NC(=O)C(=O)NCCc2cccc(OC)c2)cc1. The highest BCUT2D eigenvalue weighted by Gasteiger charge is 2.13. The van der Waals surface area contributed by atoms with Crippen LogP contribution in [0.2, 0.25) is 0 Å². The van der Waals surface area contributed by atoms with Crippen molar-refractivity contribution in [3.63, 3.8) is 0 Å². The van der Waals surface area contributed by atoms with Gasteiger partial charge in [0.1, 0.15) is 11.5 Å². The van der Waals surface area contributed by atoms with Gasteiger partial charge in [0.25, 0.3) is 0 Å². The van der Waals surface area contributed by atoms with Crippen LogP contribution in [0.5, 0.6) is 11.5 Å². The Morgan fingerprint density at radius 3 is 2.29 bits per heavy atom. The third-order valence-corrected chi connectivity index (χ3v) is 3.39. The maximum absolute atomic E-state index is 11.8. The topological polar surface area (TPSA) is 76.7 Å². The molecule has 0 saturated heterocycles. The van der Waals surface area contributed by atoms with E-state index in [9.17, 15) is 9.59 Å². The summed E-state index contributed by atoms with van der Waals surface area (Å²) in [7, 11) is 3.16. The predicted octanol–water partition coefficient (Wildman–Crippen LogP) is 2.00. The summed E-state index contributed by atoms with van der Waals surface area (Å²) in [5.74, 6) is 0.0614. The number of hydrogen-bond donors (Lipinski definition) is 2. The summed E-state index contributed by atoms with van der Waals surface area (Å²) in [4.78, 5) is 23.6. The van der Waals surface area contributed by atoms with Crippen LogP contribution < -0.4 is 20.1 Å². The monoisotopic (exact) mass is 328 g/mol. The molecule has 0 spiro atoms. The van der Waals surface area contributed by atoms with Crippen molar-refractivity contribution in [2.24, 2.45) is 0 Å². The zero-order valence-electron chi connectivity index (χ0n) is 13.7. The van der Waals surface area contributed by atoms with E-state index in [1.54, 1.807) is 38.5 Å². The van der Waals surface area contributed by atoms with Crippen LogP contribution in [0, 0.1) is 0 Å². The summed E-state index contributed by atoms with van der Waals surface area (Å²) in [6.07, 6.45) is 0.610. The summed E-state index contributed by atoms with van der Waals surface area (Å²) in [6.45, 7) is 0.363. The molecule has 0 bridgehead atoms. The number of ether oxygens (including phenoxy) is 2. The Kier molecular flexibility index (Phi) is 6.19. The molecule has 6 nitrogen and oxygen atoms in total. The van der Waals surface area contributed by atoms with Crippen LogP contribution in [0.25, 0.3) is 0 Å². The first-order valence-corrected chi connectivity index (χ1v) is 7.48. The molecule has 0 fully saturated rings. The van der Waals surface area contributed by atoms with Gasteiger partial charge in [0, 0.05) is 12.2 Å². The van der Waals surface area contributed by atoms with E-state index in [-0.39, 0.29) is 0 Å². The molecule has 0 heterocycles. The second-order valence-electron chi connectivity index (χ2n) is 5.04. The minimum atomic E-state index is -0.703. The molecule has 6 heteroatoms. The zero-order valence-corrected chi connectivity index (χ0v) is 13.7. The highest BCUT2D eigenvalue weighted by atomic mass is 16.5. The molecule has 24 heavy (non-hydrogen) atoms. The van der Waals surface area contributed by atoms with Gasteiger partial charge in [-0.25, -0.2) is 0 Å². The minimum Gasteiger partial charge on any atom is -0.497 e.